The summed E-state index contributed by atoms with van der Waals surface area (Å²) < 4.78 is 45.6. The summed E-state index contributed by atoms with van der Waals surface area (Å²) in [5.74, 6) is 0.467. The van der Waals surface area contributed by atoms with E-state index >= 15 is 0 Å². The van der Waals surface area contributed by atoms with Crippen LogP contribution in [0.25, 0.3) is 10.9 Å². The van der Waals surface area contributed by atoms with Gasteiger partial charge >= 0.3 is 6.03 Å². The summed E-state index contributed by atoms with van der Waals surface area (Å²) in [4.78, 5) is 21.2. The number of benzene rings is 3. The van der Waals surface area contributed by atoms with Crippen LogP contribution in [0, 0.1) is 11.6 Å². The number of hydrogen-bond donors (Lipinski definition) is 2. The van der Waals surface area contributed by atoms with Crippen molar-refractivity contribution in [3.05, 3.63) is 84.1 Å². The van der Waals surface area contributed by atoms with Gasteiger partial charge in [0.2, 0.25) is 0 Å². The SMILES string of the molecule is COc1cc2c(Oc3ccc(/C=N/NC(=O)Nc4ccc(F)cc4)cc3F)ccnc2cc1OCCCN1CCN(C)CC1. The zero-order chi connectivity index (χ0) is 30.9. The summed E-state index contributed by atoms with van der Waals surface area (Å²) in [5.41, 5.74) is 3.68. The van der Waals surface area contributed by atoms with Crippen molar-refractivity contribution in [1.82, 2.24) is 20.2 Å². The molecule has 0 bridgehead atoms. The molecule has 230 valence electrons. The van der Waals surface area contributed by atoms with Gasteiger partial charge in [0.1, 0.15) is 11.6 Å². The van der Waals surface area contributed by atoms with Crippen LogP contribution in [0.15, 0.2) is 72.0 Å². The lowest BCUT2D eigenvalue weighted by molar-refractivity contribution is 0.145. The van der Waals surface area contributed by atoms with Crippen LogP contribution < -0.4 is 25.0 Å². The molecule has 5 rings (SSSR count). The van der Waals surface area contributed by atoms with Gasteiger partial charge < -0.3 is 29.3 Å². The summed E-state index contributed by atoms with van der Waals surface area (Å²) in [6.07, 6.45) is 3.76. The number of nitrogens with one attached hydrogen (secondary N) is 2. The van der Waals surface area contributed by atoms with Gasteiger partial charge in [-0.15, -0.1) is 0 Å². The van der Waals surface area contributed by atoms with Gasteiger partial charge in [-0.2, -0.15) is 5.10 Å². The monoisotopic (exact) mass is 604 g/mol. The van der Waals surface area contributed by atoms with Crippen molar-refractivity contribution in [2.45, 2.75) is 6.42 Å². The second kappa shape index (κ2) is 14.6. The van der Waals surface area contributed by atoms with Crippen LogP contribution in [0.1, 0.15) is 12.0 Å². The lowest BCUT2D eigenvalue weighted by Gasteiger charge is -2.32. The molecule has 1 fully saturated rings. The average Bonchev–Trinajstić information content (AvgIpc) is 3.02. The first-order valence-corrected chi connectivity index (χ1v) is 14.2. The van der Waals surface area contributed by atoms with E-state index in [9.17, 15) is 13.6 Å². The number of likely N-dealkylation sites (N-methyl/N-ethyl adjacent to an activating group) is 1. The number of amides is 2. The molecule has 0 aliphatic carbocycles. The third-order valence-electron chi connectivity index (χ3n) is 7.12. The van der Waals surface area contributed by atoms with Crippen molar-refractivity contribution in [1.29, 1.82) is 0 Å². The Bertz CT molecular complexity index is 1610. The first-order valence-electron chi connectivity index (χ1n) is 14.2. The second-order valence-corrected chi connectivity index (χ2v) is 10.3. The van der Waals surface area contributed by atoms with E-state index in [0.717, 1.165) is 39.1 Å². The Morgan fingerprint density at radius 2 is 1.77 bits per heavy atom. The average molecular weight is 605 g/mol. The van der Waals surface area contributed by atoms with Crippen LogP contribution in [0.5, 0.6) is 23.0 Å². The number of carbonyl (C=O) groups is 1. The van der Waals surface area contributed by atoms with E-state index in [1.54, 1.807) is 37.6 Å². The number of fused-ring (bicyclic) bond motifs is 1. The molecular formula is C32H34F2N6O4. The van der Waals surface area contributed by atoms with Crippen molar-refractivity contribution in [3.8, 4) is 23.0 Å². The quantitative estimate of drug-likeness (QED) is 0.133. The maximum Gasteiger partial charge on any atom is 0.339 e. The minimum Gasteiger partial charge on any atom is -0.493 e. The van der Waals surface area contributed by atoms with Gasteiger partial charge in [0, 0.05) is 56.1 Å². The van der Waals surface area contributed by atoms with E-state index in [0.29, 0.717) is 46.0 Å². The molecule has 1 aliphatic heterocycles. The molecule has 3 aromatic carbocycles. The fraction of sp³-hybridized carbons (Fsp3) is 0.281. The predicted octanol–water partition coefficient (Wildman–Crippen LogP) is 5.49. The second-order valence-electron chi connectivity index (χ2n) is 10.3. The van der Waals surface area contributed by atoms with Crippen molar-refractivity contribution in [3.63, 3.8) is 0 Å². The van der Waals surface area contributed by atoms with E-state index in [2.05, 4.69) is 37.7 Å². The first-order chi connectivity index (χ1) is 21.4. The number of rotatable bonds is 11. The van der Waals surface area contributed by atoms with E-state index in [1.165, 1.54) is 42.6 Å². The number of hydrogen-bond acceptors (Lipinski definition) is 8. The summed E-state index contributed by atoms with van der Waals surface area (Å²) in [7, 11) is 3.71. The molecule has 1 saturated heterocycles. The van der Waals surface area contributed by atoms with Crippen molar-refractivity contribution in [2.75, 3.05) is 58.8 Å². The highest BCUT2D eigenvalue weighted by Gasteiger charge is 2.15. The lowest BCUT2D eigenvalue weighted by Crippen LogP contribution is -2.44. The van der Waals surface area contributed by atoms with Crippen LogP contribution in [-0.4, -0.2) is 80.5 Å². The van der Waals surface area contributed by atoms with Gasteiger partial charge in [-0.3, -0.25) is 4.98 Å². The van der Waals surface area contributed by atoms with Crippen molar-refractivity contribution in [2.24, 2.45) is 5.10 Å². The Morgan fingerprint density at radius 1 is 0.977 bits per heavy atom. The van der Waals surface area contributed by atoms with Gasteiger partial charge in [-0.05, 0) is 73.6 Å². The zero-order valence-electron chi connectivity index (χ0n) is 24.6. The molecule has 0 saturated carbocycles. The number of anilines is 1. The van der Waals surface area contributed by atoms with E-state index < -0.39 is 17.7 Å². The molecule has 2 N–H and O–H groups in total. The molecule has 2 heterocycles. The zero-order valence-corrected chi connectivity index (χ0v) is 24.6. The third kappa shape index (κ3) is 8.17. The summed E-state index contributed by atoms with van der Waals surface area (Å²) in [6.45, 7) is 5.80. The van der Waals surface area contributed by atoms with Crippen LogP contribution >= 0.6 is 0 Å². The number of methoxy groups -OCH3 is 1. The van der Waals surface area contributed by atoms with Crippen LogP contribution in [0.4, 0.5) is 19.3 Å². The number of carbonyl (C=O) groups excluding carboxylic acids is 1. The number of hydrazone groups is 1. The Hall–Kier alpha value is -4.81. The fourth-order valence-corrected chi connectivity index (χ4v) is 4.69. The minimum atomic E-state index is -0.632. The Morgan fingerprint density at radius 3 is 2.52 bits per heavy atom. The molecule has 1 aliphatic rings. The molecule has 4 aromatic rings. The summed E-state index contributed by atoms with van der Waals surface area (Å²) >= 11 is 0. The molecule has 1 aromatic heterocycles. The number of piperazine rings is 1. The molecule has 2 amide bonds. The molecule has 0 unspecified atom stereocenters. The highest BCUT2D eigenvalue weighted by molar-refractivity contribution is 5.90. The Kier molecular flexibility index (Phi) is 10.2. The van der Waals surface area contributed by atoms with Crippen LogP contribution in [-0.2, 0) is 0 Å². The molecule has 12 heteroatoms. The van der Waals surface area contributed by atoms with Crippen LogP contribution in [0.3, 0.4) is 0 Å². The highest BCUT2D eigenvalue weighted by atomic mass is 19.1. The summed E-state index contributed by atoms with van der Waals surface area (Å²) in [5, 5.41) is 6.97. The topological polar surface area (TPSA) is 101 Å². The smallest absolute Gasteiger partial charge is 0.339 e. The van der Waals surface area contributed by atoms with Gasteiger partial charge in [0.15, 0.2) is 23.1 Å². The molecule has 10 nitrogen and oxygen atoms in total. The largest absolute Gasteiger partial charge is 0.493 e. The minimum absolute atomic E-state index is 0.000128. The molecule has 0 spiro atoms. The van der Waals surface area contributed by atoms with Gasteiger partial charge in [-0.25, -0.2) is 19.0 Å². The number of urea groups is 1. The number of nitrogens with zero attached hydrogens (tertiary/aromatic N) is 4. The maximum atomic E-state index is 15.0. The third-order valence-corrected chi connectivity index (χ3v) is 7.12. The van der Waals surface area contributed by atoms with Crippen molar-refractivity contribution >= 4 is 28.8 Å². The number of halogens is 2. The fourth-order valence-electron chi connectivity index (χ4n) is 4.69. The van der Waals surface area contributed by atoms with Crippen molar-refractivity contribution < 1.29 is 27.8 Å². The molecule has 0 radical (unpaired) electrons. The standard InChI is InChI=1S/C32H34F2N6O4/c1-39-13-15-40(16-14-39)12-3-17-43-31-20-27-25(19-30(31)42-2)28(10-11-35-27)44-29-9-4-22(18-26(29)34)21-36-38-32(41)37-24-7-5-23(33)6-8-24/h4-11,18-21H,3,12-17H2,1-2H3,(H2,37,38,41)/b36-21+. The number of pyridine rings is 1. The maximum absolute atomic E-state index is 15.0. The van der Waals surface area contributed by atoms with Gasteiger partial charge in [0.25, 0.3) is 0 Å². The Balaban J connectivity index is 1.19. The summed E-state index contributed by atoms with van der Waals surface area (Å²) in [6, 6.07) is 14.2. The molecular weight excluding hydrogens is 570 g/mol. The number of aromatic nitrogens is 1. The van der Waals surface area contributed by atoms with E-state index in [-0.39, 0.29) is 5.75 Å². The van der Waals surface area contributed by atoms with Crippen LogP contribution in [0.2, 0.25) is 0 Å². The van der Waals surface area contributed by atoms with E-state index in [4.69, 9.17) is 14.2 Å². The number of ether oxygens (including phenoxy) is 3. The highest BCUT2D eigenvalue weighted by Crippen LogP contribution is 2.37. The van der Waals surface area contributed by atoms with Gasteiger partial charge in [-0.1, -0.05) is 0 Å². The lowest BCUT2D eigenvalue weighted by atomic mass is 10.1. The normalized spacial score (nSPS) is 14.1. The Labute approximate surface area is 254 Å². The predicted molar refractivity (Wildman–Crippen MR) is 165 cm³/mol. The molecule has 44 heavy (non-hydrogen) atoms. The van der Waals surface area contributed by atoms with Gasteiger partial charge in [0.05, 0.1) is 25.4 Å². The first kappa shape index (κ1) is 30.6. The van der Waals surface area contributed by atoms with E-state index in [1.807, 2.05) is 0 Å². The molecule has 0 atom stereocenters.